The smallest absolute Gasteiger partial charge is 0.349 e. The maximum atomic E-state index is 8.74. The van der Waals surface area contributed by atoms with Gasteiger partial charge >= 0.3 is 10.4 Å². The molecule has 0 radical (unpaired) electrons. The van der Waals surface area contributed by atoms with Gasteiger partial charge in [0.15, 0.2) is 12.6 Å². The quantitative estimate of drug-likeness (QED) is 0.698. The summed E-state index contributed by atoms with van der Waals surface area (Å²) < 4.78 is 47.6. The predicted molar refractivity (Wildman–Crippen MR) is 53.2 cm³/mol. The fourth-order valence-electron chi connectivity index (χ4n) is 1.38. The maximum Gasteiger partial charge on any atom is 0.394 e. The molecule has 7 nitrogen and oxygen atoms in total. The lowest BCUT2D eigenvalue weighted by atomic mass is 10.1. The van der Waals surface area contributed by atoms with Crippen LogP contribution in [0.1, 0.15) is 26.7 Å². The van der Waals surface area contributed by atoms with Gasteiger partial charge in [0, 0.05) is 12.8 Å². The molecule has 0 amide bonds. The highest BCUT2D eigenvalue weighted by Gasteiger charge is 2.34. The average molecular weight is 256 g/mol. The number of rotatable bonds is 2. The largest absolute Gasteiger partial charge is 0.394 e. The van der Waals surface area contributed by atoms with Crippen LogP contribution in [0.5, 0.6) is 0 Å². The molecular weight excluding hydrogens is 240 g/mol. The van der Waals surface area contributed by atoms with Gasteiger partial charge in [0.2, 0.25) is 0 Å². The van der Waals surface area contributed by atoms with E-state index in [1.165, 1.54) is 0 Å². The lowest BCUT2D eigenvalue weighted by Crippen LogP contribution is -2.45. The topological polar surface area (TPSA) is 102 Å². The van der Waals surface area contributed by atoms with Crippen LogP contribution in [-0.4, -0.2) is 42.3 Å². The molecule has 2 saturated heterocycles. The van der Waals surface area contributed by atoms with E-state index in [-0.39, 0.29) is 12.6 Å². The van der Waals surface area contributed by atoms with Gasteiger partial charge in [-0.15, -0.1) is 0 Å². The van der Waals surface area contributed by atoms with E-state index in [1.54, 1.807) is 0 Å². The van der Waals surface area contributed by atoms with Crippen molar-refractivity contribution in [3.63, 3.8) is 0 Å². The molecule has 2 aliphatic heterocycles. The Morgan fingerprint density at radius 3 is 1.50 bits per heavy atom. The van der Waals surface area contributed by atoms with Crippen molar-refractivity contribution >= 4 is 10.4 Å². The van der Waals surface area contributed by atoms with Crippen LogP contribution in [-0.2, 0) is 24.6 Å². The summed E-state index contributed by atoms with van der Waals surface area (Å²) in [5.74, 6) is 0. The summed E-state index contributed by atoms with van der Waals surface area (Å²) in [5.41, 5.74) is 0. The third-order valence-corrected chi connectivity index (χ3v) is 2.12. The molecule has 0 bridgehead atoms. The summed E-state index contributed by atoms with van der Waals surface area (Å²) in [5, 5.41) is 0. The molecule has 8 heteroatoms. The molecule has 16 heavy (non-hydrogen) atoms. The van der Waals surface area contributed by atoms with Crippen molar-refractivity contribution < 1.29 is 31.7 Å². The van der Waals surface area contributed by atoms with E-state index in [0.717, 1.165) is 12.8 Å². The zero-order chi connectivity index (χ0) is 12.3. The minimum absolute atomic E-state index is 0.00231. The second-order valence-electron chi connectivity index (χ2n) is 3.81. The van der Waals surface area contributed by atoms with Gasteiger partial charge < -0.3 is 14.2 Å². The third-order valence-electron chi connectivity index (χ3n) is 2.12. The first-order valence-corrected chi connectivity index (χ1v) is 6.30. The van der Waals surface area contributed by atoms with Gasteiger partial charge in [-0.25, -0.2) is 0 Å². The van der Waals surface area contributed by atoms with Crippen LogP contribution in [0.25, 0.3) is 0 Å². The molecule has 0 aromatic heterocycles. The summed E-state index contributed by atoms with van der Waals surface area (Å²) in [6.45, 7) is 4.09. The first-order chi connectivity index (χ1) is 7.24. The van der Waals surface area contributed by atoms with Gasteiger partial charge in [-0.3, -0.25) is 9.11 Å². The normalized spacial score (nSPS) is 37.8. The molecule has 2 heterocycles. The van der Waals surface area contributed by atoms with Crippen molar-refractivity contribution in [2.45, 2.75) is 51.5 Å². The van der Waals surface area contributed by atoms with E-state index in [1.807, 2.05) is 13.8 Å². The number of hydrogen-bond donors (Lipinski definition) is 2. The van der Waals surface area contributed by atoms with Crippen molar-refractivity contribution in [3.8, 4) is 0 Å². The van der Waals surface area contributed by atoms with Crippen molar-refractivity contribution in [2.24, 2.45) is 0 Å². The standard InChI is InChI=1S/C8H14O3.H2O4S/c1-5-3-7(9-5)11-8-4-6(2)10-8;1-5(2,3)4/h5-8H,3-4H2,1-2H3;(H2,1,2,3,4). The van der Waals surface area contributed by atoms with Gasteiger partial charge in [-0.2, -0.15) is 8.42 Å². The van der Waals surface area contributed by atoms with Gasteiger partial charge in [0.05, 0.1) is 12.2 Å². The summed E-state index contributed by atoms with van der Waals surface area (Å²) in [6.07, 6.45) is 2.77. The minimum atomic E-state index is -4.67. The fourth-order valence-corrected chi connectivity index (χ4v) is 1.38. The second-order valence-corrected chi connectivity index (χ2v) is 4.70. The molecule has 0 saturated carbocycles. The Morgan fingerprint density at radius 2 is 1.31 bits per heavy atom. The Hall–Kier alpha value is -0.250. The minimum Gasteiger partial charge on any atom is -0.349 e. The number of hydrogen-bond acceptors (Lipinski definition) is 5. The second kappa shape index (κ2) is 5.39. The molecule has 0 aliphatic carbocycles. The Kier molecular flexibility index (Phi) is 4.65. The Labute approximate surface area is 94.3 Å². The van der Waals surface area contributed by atoms with E-state index in [9.17, 15) is 0 Å². The molecule has 0 aromatic carbocycles. The number of ether oxygens (including phenoxy) is 3. The molecule has 2 N–H and O–H groups in total. The van der Waals surface area contributed by atoms with Gasteiger partial charge in [0.1, 0.15) is 0 Å². The SMILES string of the molecule is CC1CC(OC2CC(C)O2)O1.O=S(=O)(O)O. The van der Waals surface area contributed by atoms with Crippen LogP contribution in [0.4, 0.5) is 0 Å². The van der Waals surface area contributed by atoms with E-state index >= 15 is 0 Å². The predicted octanol–water partition coefficient (Wildman–Crippen LogP) is 0.620. The average Bonchev–Trinajstić information content (AvgIpc) is 1.95. The summed E-state index contributed by atoms with van der Waals surface area (Å²) in [7, 11) is -4.67. The fraction of sp³-hybridized carbons (Fsp3) is 1.00. The lowest BCUT2D eigenvalue weighted by molar-refractivity contribution is -0.351. The zero-order valence-electron chi connectivity index (χ0n) is 9.07. The van der Waals surface area contributed by atoms with Gasteiger partial charge in [-0.1, -0.05) is 0 Å². The molecule has 0 spiro atoms. The first-order valence-electron chi connectivity index (χ1n) is 4.90. The van der Waals surface area contributed by atoms with Crippen LogP contribution in [0.2, 0.25) is 0 Å². The van der Waals surface area contributed by atoms with E-state index in [2.05, 4.69) is 0 Å². The van der Waals surface area contributed by atoms with E-state index < -0.39 is 10.4 Å². The molecule has 4 unspecified atom stereocenters. The highest BCUT2D eigenvalue weighted by molar-refractivity contribution is 7.79. The van der Waals surface area contributed by atoms with Crippen molar-refractivity contribution in [1.82, 2.24) is 0 Å². The maximum absolute atomic E-state index is 8.74. The zero-order valence-corrected chi connectivity index (χ0v) is 9.88. The molecule has 0 aromatic rings. The third kappa shape index (κ3) is 5.73. The Bertz CT molecular complexity index is 278. The van der Waals surface area contributed by atoms with Crippen molar-refractivity contribution in [1.29, 1.82) is 0 Å². The van der Waals surface area contributed by atoms with Crippen molar-refractivity contribution in [3.05, 3.63) is 0 Å². The van der Waals surface area contributed by atoms with Crippen LogP contribution >= 0.6 is 0 Å². The van der Waals surface area contributed by atoms with Crippen LogP contribution in [0.15, 0.2) is 0 Å². The van der Waals surface area contributed by atoms with Crippen LogP contribution in [0, 0.1) is 0 Å². The van der Waals surface area contributed by atoms with Gasteiger partial charge in [-0.05, 0) is 13.8 Å². The molecule has 4 atom stereocenters. The van der Waals surface area contributed by atoms with E-state index in [0.29, 0.717) is 12.2 Å². The highest BCUT2D eigenvalue weighted by atomic mass is 32.3. The van der Waals surface area contributed by atoms with Crippen LogP contribution in [0.3, 0.4) is 0 Å². The molecule has 2 fully saturated rings. The lowest BCUT2D eigenvalue weighted by Gasteiger charge is -2.40. The van der Waals surface area contributed by atoms with Gasteiger partial charge in [0.25, 0.3) is 0 Å². The monoisotopic (exact) mass is 256 g/mol. The summed E-state index contributed by atoms with van der Waals surface area (Å²) >= 11 is 0. The summed E-state index contributed by atoms with van der Waals surface area (Å²) in [6, 6.07) is 0. The first kappa shape index (κ1) is 13.8. The summed E-state index contributed by atoms with van der Waals surface area (Å²) in [4.78, 5) is 0. The van der Waals surface area contributed by atoms with E-state index in [4.69, 9.17) is 31.7 Å². The Balaban J connectivity index is 0.000000221. The highest BCUT2D eigenvalue weighted by Crippen LogP contribution is 2.28. The Morgan fingerprint density at radius 1 is 1.06 bits per heavy atom. The molecule has 2 aliphatic rings. The van der Waals surface area contributed by atoms with Crippen molar-refractivity contribution in [2.75, 3.05) is 0 Å². The molecular formula is C8H16O7S. The molecule has 2 rings (SSSR count). The molecule has 96 valence electrons. The van der Waals surface area contributed by atoms with Crippen LogP contribution < -0.4 is 0 Å².